The molecular weight excluding hydrogens is 332 g/mol. The summed E-state index contributed by atoms with van der Waals surface area (Å²) in [5.41, 5.74) is 1.24. The summed E-state index contributed by atoms with van der Waals surface area (Å²) >= 11 is 6.01. The number of benzene rings is 1. The van der Waals surface area contributed by atoms with E-state index in [2.05, 4.69) is 20.6 Å². The highest BCUT2D eigenvalue weighted by Gasteiger charge is 2.12. The molecule has 3 aromatic rings. The molecule has 0 radical (unpaired) electrons. The van der Waals surface area contributed by atoms with Gasteiger partial charge in [-0.15, -0.1) is 0 Å². The molecule has 1 amide bonds. The van der Waals surface area contributed by atoms with Crippen LogP contribution in [0, 0.1) is 6.92 Å². The van der Waals surface area contributed by atoms with Crippen molar-refractivity contribution in [3.63, 3.8) is 0 Å². The summed E-state index contributed by atoms with van der Waals surface area (Å²) in [6, 6.07) is 8.93. The quantitative estimate of drug-likeness (QED) is 0.715. The van der Waals surface area contributed by atoms with Gasteiger partial charge in [0.1, 0.15) is 5.76 Å². The number of aryl methyl sites for hydroxylation is 1. The number of nitrogens with one attached hydrogen (secondary N) is 1. The molecule has 0 aliphatic rings. The molecule has 0 bridgehead atoms. The van der Waals surface area contributed by atoms with Gasteiger partial charge >= 0.3 is 0 Å². The highest BCUT2D eigenvalue weighted by molar-refractivity contribution is 6.32. The van der Waals surface area contributed by atoms with Gasteiger partial charge in [-0.3, -0.25) is 4.79 Å². The first-order valence-corrected chi connectivity index (χ1v) is 7.46. The molecule has 1 aromatic carbocycles. The van der Waals surface area contributed by atoms with Crippen LogP contribution in [-0.4, -0.2) is 21.2 Å². The Labute approximate surface area is 142 Å². The third kappa shape index (κ3) is 3.88. The zero-order valence-electron chi connectivity index (χ0n) is 12.7. The standard InChI is InChI=1S/C16H13ClN4O3/c1-10-8-13(20-23-10)16-19-15(24-21-16)9-18-14(22)7-6-11-4-2-3-5-12(11)17/h2-8H,9H2,1H3,(H,18,22)/b7-6+. The number of aromatic nitrogens is 3. The molecule has 0 aliphatic carbocycles. The predicted molar refractivity (Wildman–Crippen MR) is 86.9 cm³/mol. The van der Waals surface area contributed by atoms with Crippen LogP contribution in [0.5, 0.6) is 0 Å². The van der Waals surface area contributed by atoms with Crippen LogP contribution >= 0.6 is 11.6 Å². The average Bonchev–Trinajstić information content (AvgIpc) is 3.21. The van der Waals surface area contributed by atoms with E-state index in [1.807, 2.05) is 18.2 Å². The summed E-state index contributed by atoms with van der Waals surface area (Å²) in [6.45, 7) is 1.87. The van der Waals surface area contributed by atoms with Gasteiger partial charge in [-0.2, -0.15) is 4.98 Å². The largest absolute Gasteiger partial charge is 0.361 e. The van der Waals surface area contributed by atoms with Gasteiger partial charge < -0.3 is 14.4 Å². The zero-order valence-corrected chi connectivity index (χ0v) is 13.4. The van der Waals surface area contributed by atoms with E-state index in [0.717, 1.165) is 5.56 Å². The summed E-state index contributed by atoms with van der Waals surface area (Å²) in [4.78, 5) is 16.0. The second kappa shape index (κ2) is 7.10. The van der Waals surface area contributed by atoms with Crippen molar-refractivity contribution in [3.8, 4) is 11.5 Å². The first kappa shape index (κ1) is 15.9. The van der Waals surface area contributed by atoms with Gasteiger partial charge in [-0.1, -0.05) is 40.1 Å². The third-order valence-corrected chi connectivity index (χ3v) is 3.40. The van der Waals surface area contributed by atoms with E-state index in [1.165, 1.54) is 6.08 Å². The lowest BCUT2D eigenvalue weighted by Gasteiger charge is -1.98. The minimum Gasteiger partial charge on any atom is -0.361 e. The monoisotopic (exact) mass is 344 g/mol. The third-order valence-electron chi connectivity index (χ3n) is 3.06. The molecule has 2 heterocycles. The summed E-state index contributed by atoms with van der Waals surface area (Å²) < 4.78 is 10.0. The van der Waals surface area contributed by atoms with Crippen LogP contribution < -0.4 is 5.32 Å². The second-order valence-corrected chi connectivity index (χ2v) is 5.31. The van der Waals surface area contributed by atoms with Crippen LogP contribution in [-0.2, 0) is 11.3 Å². The Kier molecular flexibility index (Phi) is 4.72. The lowest BCUT2D eigenvalue weighted by molar-refractivity contribution is -0.116. The lowest BCUT2D eigenvalue weighted by atomic mass is 10.2. The van der Waals surface area contributed by atoms with Crippen LogP contribution in [0.25, 0.3) is 17.6 Å². The van der Waals surface area contributed by atoms with E-state index >= 15 is 0 Å². The maximum absolute atomic E-state index is 11.8. The molecule has 7 nitrogen and oxygen atoms in total. The molecule has 0 fully saturated rings. The molecule has 0 saturated heterocycles. The van der Waals surface area contributed by atoms with Gasteiger partial charge in [0, 0.05) is 17.2 Å². The molecule has 0 unspecified atom stereocenters. The fourth-order valence-electron chi connectivity index (χ4n) is 1.90. The topological polar surface area (TPSA) is 94.1 Å². The molecule has 0 spiro atoms. The molecule has 2 aromatic heterocycles. The number of hydrogen-bond donors (Lipinski definition) is 1. The van der Waals surface area contributed by atoms with Crippen molar-refractivity contribution in [1.29, 1.82) is 0 Å². The Balaban J connectivity index is 1.57. The molecule has 0 aliphatic heterocycles. The predicted octanol–water partition coefficient (Wildman–Crippen LogP) is 3.02. The van der Waals surface area contributed by atoms with Crippen molar-refractivity contribution in [2.45, 2.75) is 13.5 Å². The van der Waals surface area contributed by atoms with Gasteiger partial charge in [0.25, 0.3) is 0 Å². The van der Waals surface area contributed by atoms with E-state index in [-0.39, 0.29) is 18.3 Å². The minimum atomic E-state index is -0.299. The fraction of sp³-hybridized carbons (Fsp3) is 0.125. The zero-order chi connectivity index (χ0) is 16.9. The molecule has 8 heteroatoms. The summed E-state index contributed by atoms with van der Waals surface area (Å²) in [7, 11) is 0. The Bertz CT molecular complexity index is 885. The van der Waals surface area contributed by atoms with Crippen molar-refractivity contribution in [3.05, 3.63) is 58.6 Å². The van der Waals surface area contributed by atoms with Crippen LogP contribution in [0.3, 0.4) is 0 Å². The smallest absolute Gasteiger partial charge is 0.246 e. The Morgan fingerprint density at radius 2 is 2.12 bits per heavy atom. The summed E-state index contributed by atoms with van der Waals surface area (Å²) in [5, 5.41) is 10.8. The number of rotatable bonds is 5. The Hall–Kier alpha value is -2.93. The van der Waals surface area contributed by atoms with Crippen molar-refractivity contribution in [2.75, 3.05) is 0 Å². The SMILES string of the molecule is Cc1cc(-c2noc(CNC(=O)/C=C/c3ccccc3Cl)n2)no1. The van der Waals surface area contributed by atoms with Crippen molar-refractivity contribution < 1.29 is 13.8 Å². The first-order chi connectivity index (χ1) is 11.6. The van der Waals surface area contributed by atoms with Gasteiger partial charge in [-0.05, 0) is 24.6 Å². The van der Waals surface area contributed by atoms with Gasteiger partial charge in [0.2, 0.25) is 17.6 Å². The maximum Gasteiger partial charge on any atom is 0.246 e. The minimum absolute atomic E-state index is 0.107. The Morgan fingerprint density at radius 1 is 1.29 bits per heavy atom. The average molecular weight is 345 g/mol. The van der Waals surface area contributed by atoms with E-state index < -0.39 is 0 Å². The first-order valence-electron chi connectivity index (χ1n) is 7.08. The van der Waals surface area contributed by atoms with E-state index in [1.54, 1.807) is 25.1 Å². The molecule has 0 saturated carbocycles. The molecule has 3 rings (SSSR count). The van der Waals surface area contributed by atoms with Crippen LogP contribution in [0.4, 0.5) is 0 Å². The molecule has 1 N–H and O–H groups in total. The van der Waals surface area contributed by atoms with Gasteiger partial charge in [0.05, 0.1) is 6.54 Å². The van der Waals surface area contributed by atoms with Crippen LogP contribution in [0.15, 0.2) is 45.5 Å². The van der Waals surface area contributed by atoms with E-state index in [9.17, 15) is 4.79 Å². The van der Waals surface area contributed by atoms with Crippen LogP contribution in [0.1, 0.15) is 17.2 Å². The summed E-state index contributed by atoms with van der Waals surface area (Å²) in [6.07, 6.45) is 3.02. The number of nitrogens with zero attached hydrogens (tertiary/aromatic N) is 3. The summed E-state index contributed by atoms with van der Waals surface area (Å²) in [5.74, 6) is 0.925. The van der Waals surface area contributed by atoms with Gasteiger partial charge in [0.15, 0.2) is 5.69 Å². The highest BCUT2D eigenvalue weighted by Crippen LogP contribution is 2.16. The molecule has 122 valence electrons. The number of hydrogen-bond acceptors (Lipinski definition) is 6. The van der Waals surface area contributed by atoms with Gasteiger partial charge in [-0.25, -0.2) is 0 Å². The van der Waals surface area contributed by atoms with Crippen molar-refractivity contribution in [1.82, 2.24) is 20.6 Å². The van der Waals surface area contributed by atoms with Crippen LogP contribution in [0.2, 0.25) is 5.02 Å². The second-order valence-electron chi connectivity index (χ2n) is 4.91. The number of carbonyl (C=O) groups excluding carboxylic acids is 1. The molecule has 0 atom stereocenters. The lowest BCUT2D eigenvalue weighted by Crippen LogP contribution is -2.20. The Morgan fingerprint density at radius 3 is 2.88 bits per heavy atom. The normalized spacial score (nSPS) is 11.1. The number of halogens is 1. The van der Waals surface area contributed by atoms with E-state index in [0.29, 0.717) is 22.3 Å². The molecule has 24 heavy (non-hydrogen) atoms. The highest BCUT2D eigenvalue weighted by atomic mass is 35.5. The number of amides is 1. The van der Waals surface area contributed by atoms with Crippen molar-refractivity contribution in [2.24, 2.45) is 0 Å². The van der Waals surface area contributed by atoms with E-state index in [4.69, 9.17) is 20.6 Å². The maximum atomic E-state index is 11.8. The number of carbonyl (C=O) groups is 1. The molecular formula is C16H13ClN4O3. The van der Waals surface area contributed by atoms with Crippen molar-refractivity contribution >= 4 is 23.6 Å². The fourth-order valence-corrected chi connectivity index (χ4v) is 2.10.